The number of rotatable bonds is 4. The largest absolute Gasteiger partial charge is 0.480 e. The van der Waals surface area contributed by atoms with Crippen molar-refractivity contribution in [2.24, 2.45) is 0 Å². The predicted molar refractivity (Wildman–Crippen MR) is 59.4 cm³/mol. The Hall–Kier alpha value is -1.79. The van der Waals surface area contributed by atoms with Crippen LogP contribution in [-0.4, -0.2) is 53.6 Å². The van der Waals surface area contributed by atoms with Crippen molar-refractivity contribution < 1.29 is 19.5 Å². The molecule has 1 heterocycles. The minimum Gasteiger partial charge on any atom is -0.480 e. The van der Waals surface area contributed by atoms with E-state index in [1.165, 1.54) is 6.92 Å². The number of carboxylic acids is 1. The number of hydrogen-bond acceptors (Lipinski definition) is 3. The van der Waals surface area contributed by atoms with Crippen molar-refractivity contribution in [3.05, 3.63) is 0 Å². The third-order valence-electron chi connectivity index (χ3n) is 2.58. The highest BCUT2D eigenvalue weighted by atomic mass is 16.4. The topological polar surface area (TPSA) is 98.7 Å². The lowest BCUT2D eigenvalue weighted by Gasteiger charge is -2.16. The van der Waals surface area contributed by atoms with E-state index in [2.05, 4.69) is 10.6 Å². The van der Waals surface area contributed by atoms with Crippen molar-refractivity contribution in [2.75, 3.05) is 19.6 Å². The molecule has 0 aromatic rings. The first-order valence-corrected chi connectivity index (χ1v) is 5.55. The van der Waals surface area contributed by atoms with Crippen molar-refractivity contribution >= 4 is 17.9 Å². The van der Waals surface area contributed by atoms with Crippen LogP contribution in [0.25, 0.3) is 0 Å². The van der Waals surface area contributed by atoms with Gasteiger partial charge in [-0.2, -0.15) is 0 Å². The average molecular weight is 243 g/mol. The highest BCUT2D eigenvalue weighted by molar-refractivity contribution is 5.86. The molecule has 7 heteroatoms. The molecule has 96 valence electrons. The van der Waals surface area contributed by atoms with Gasteiger partial charge in [-0.05, 0) is 19.8 Å². The third kappa shape index (κ3) is 4.29. The molecule has 0 unspecified atom stereocenters. The van der Waals surface area contributed by atoms with Crippen molar-refractivity contribution in [3.63, 3.8) is 0 Å². The molecule has 0 aliphatic carbocycles. The summed E-state index contributed by atoms with van der Waals surface area (Å²) in [5.41, 5.74) is 0. The Morgan fingerprint density at radius 3 is 2.41 bits per heavy atom. The van der Waals surface area contributed by atoms with Gasteiger partial charge in [0.25, 0.3) is 0 Å². The second kappa shape index (κ2) is 6.07. The smallest absolute Gasteiger partial charge is 0.325 e. The van der Waals surface area contributed by atoms with E-state index in [9.17, 15) is 14.4 Å². The molecule has 1 aliphatic heterocycles. The van der Waals surface area contributed by atoms with Crippen LogP contribution in [-0.2, 0) is 9.59 Å². The lowest BCUT2D eigenvalue weighted by molar-refractivity contribution is -0.138. The summed E-state index contributed by atoms with van der Waals surface area (Å²) in [7, 11) is 0. The number of amides is 3. The highest BCUT2D eigenvalue weighted by Gasteiger charge is 2.19. The van der Waals surface area contributed by atoms with Gasteiger partial charge in [0.15, 0.2) is 0 Å². The Bertz CT molecular complexity index is 313. The van der Waals surface area contributed by atoms with Gasteiger partial charge in [0.1, 0.15) is 6.04 Å². The number of carboxylic acid groups (broad SMARTS) is 1. The maximum Gasteiger partial charge on any atom is 0.325 e. The van der Waals surface area contributed by atoms with Gasteiger partial charge in [-0.1, -0.05) is 0 Å². The summed E-state index contributed by atoms with van der Waals surface area (Å²) in [4.78, 5) is 34.9. The zero-order valence-corrected chi connectivity index (χ0v) is 9.73. The van der Waals surface area contributed by atoms with Gasteiger partial charge >= 0.3 is 12.0 Å². The summed E-state index contributed by atoms with van der Waals surface area (Å²) in [5, 5.41) is 13.1. The van der Waals surface area contributed by atoms with Crippen LogP contribution in [0.2, 0.25) is 0 Å². The first-order chi connectivity index (χ1) is 8.00. The highest BCUT2D eigenvalue weighted by Crippen LogP contribution is 2.06. The van der Waals surface area contributed by atoms with E-state index in [1.54, 1.807) is 4.90 Å². The third-order valence-corrected chi connectivity index (χ3v) is 2.58. The van der Waals surface area contributed by atoms with Gasteiger partial charge in [-0.3, -0.25) is 9.59 Å². The molecule has 1 aliphatic rings. The lowest BCUT2D eigenvalue weighted by atomic mass is 10.3. The Kier molecular flexibility index (Phi) is 4.74. The SMILES string of the molecule is C[C@H](NC(=O)NCC(=O)N1CCCC1)C(=O)O. The summed E-state index contributed by atoms with van der Waals surface area (Å²) >= 11 is 0. The van der Waals surface area contributed by atoms with E-state index in [-0.39, 0.29) is 12.5 Å². The Morgan fingerprint density at radius 2 is 1.88 bits per heavy atom. The first kappa shape index (κ1) is 13.3. The summed E-state index contributed by atoms with van der Waals surface area (Å²) in [5.74, 6) is -1.26. The first-order valence-electron chi connectivity index (χ1n) is 5.55. The van der Waals surface area contributed by atoms with E-state index in [0.717, 1.165) is 25.9 Å². The van der Waals surface area contributed by atoms with Crippen LogP contribution in [0.1, 0.15) is 19.8 Å². The van der Waals surface area contributed by atoms with Crippen LogP contribution in [0.15, 0.2) is 0 Å². The lowest BCUT2D eigenvalue weighted by Crippen LogP contribution is -2.47. The average Bonchev–Trinajstić information content (AvgIpc) is 2.79. The van der Waals surface area contributed by atoms with Gasteiger partial charge < -0.3 is 20.6 Å². The minimum atomic E-state index is -1.12. The Morgan fingerprint density at radius 1 is 1.29 bits per heavy atom. The molecule has 1 atom stereocenters. The zero-order valence-electron chi connectivity index (χ0n) is 9.73. The molecule has 0 aromatic heterocycles. The van der Waals surface area contributed by atoms with Crippen LogP contribution in [0, 0.1) is 0 Å². The fraction of sp³-hybridized carbons (Fsp3) is 0.700. The molecule has 0 aromatic carbocycles. The van der Waals surface area contributed by atoms with Gasteiger partial charge in [-0.15, -0.1) is 0 Å². The number of likely N-dealkylation sites (tertiary alicyclic amines) is 1. The van der Waals surface area contributed by atoms with E-state index >= 15 is 0 Å². The number of nitrogens with one attached hydrogen (secondary N) is 2. The normalized spacial score (nSPS) is 16.4. The van der Waals surface area contributed by atoms with Crippen molar-refractivity contribution in [1.29, 1.82) is 0 Å². The summed E-state index contributed by atoms with van der Waals surface area (Å²) in [6.45, 7) is 2.71. The molecule has 0 bridgehead atoms. The van der Waals surface area contributed by atoms with Crippen LogP contribution in [0.4, 0.5) is 4.79 Å². The number of hydrogen-bond donors (Lipinski definition) is 3. The molecule has 3 amide bonds. The summed E-state index contributed by atoms with van der Waals surface area (Å²) < 4.78 is 0. The van der Waals surface area contributed by atoms with Crippen LogP contribution >= 0.6 is 0 Å². The van der Waals surface area contributed by atoms with Crippen LogP contribution < -0.4 is 10.6 Å². The number of carbonyl (C=O) groups is 3. The molecule has 1 rings (SSSR count). The van der Waals surface area contributed by atoms with Crippen molar-refractivity contribution in [1.82, 2.24) is 15.5 Å². The molecule has 0 radical (unpaired) electrons. The fourth-order valence-electron chi connectivity index (χ4n) is 1.54. The number of carbonyl (C=O) groups excluding carboxylic acids is 2. The van der Waals surface area contributed by atoms with E-state index < -0.39 is 18.0 Å². The maximum atomic E-state index is 11.5. The Balaban J connectivity index is 2.23. The van der Waals surface area contributed by atoms with Crippen LogP contribution in [0.5, 0.6) is 0 Å². The number of nitrogens with zero attached hydrogens (tertiary/aromatic N) is 1. The van der Waals surface area contributed by atoms with E-state index in [4.69, 9.17) is 5.11 Å². The molecule has 0 spiro atoms. The maximum absolute atomic E-state index is 11.5. The Labute approximate surface area is 99.2 Å². The molecule has 0 saturated carbocycles. The van der Waals surface area contributed by atoms with Crippen molar-refractivity contribution in [2.45, 2.75) is 25.8 Å². The molecule has 7 nitrogen and oxygen atoms in total. The summed E-state index contributed by atoms with van der Waals surface area (Å²) in [6.07, 6.45) is 1.99. The number of urea groups is 1. The van der Waals surface area contributed by atoms with E-state index in [1.807, 2.05) is 0 Å². The monoisotopic (exact) mass is 243 g/mol. The zero-order chi connectivity index (χ0) is 12.8. The van der Waals surface area contributed by atoms with Crippen LogP contribution in [0.3, 0.4) is 0 Å². The molecule has 1 fully saturated rings. The van der Waals surface area contributed by atoms with Gasteiger partial charge in [0.2, 0.25) is 5.91 Å². The second-order valence-corrected chi connectivity index (χ2v) is 3.97. The van der Waals surface area contributed by atoms with Gasteiger partial charge in [0.05, 0.1) is 6.54 Å². The molecule has 3 N–H and O–H groups in total. The van der Waals surface area contributed by atoms with E-state index in [0.29, 0.717) is 0 Å². The molecular formula is C10H17N3O4. The molecule has 1 saturated heterocycles. The second-order valence-electron chi connectivity index (χ2n) is 3.97. The standard InChI is InChI=1S/C10H17N3O4/c1-7(9(15)16)12-10(17)11-6-8(14)13-4-2-3-5-13/h7H,2-6H2,1H3,(H,15,16)(H2,11,12,17)/t7-/m0/s1. The quantitative estimate of drug-likeness (QED) is 0.613. The van der Waals surface area contributed by atoms with Crippen molar-refractivity contribution in [3.8, 4) is 0 Å². The predicted octanol–water partition coefficient (Wildman–Crippen LogP) is -0.619. The van der Waals surface area contributed by atoms with Gasteiger partial charge in [0, 0.05) is 13.1 Å². The number of aliphatic carboxylic acids is 1. The summed E-state index contributed by atoms with van der Waals surface area (Å²) in [6, 6.07) is -1.62. The minimum absolute atomic E-state index is 0.0990. The molecular weight excluding hydrogens is 226 g/mol. The van der Waals surface area contributed by atoms with Gasteiger partial charge in [-0.25, -0.2) is 4.79 Å². The fourth-order valence-corrected chi connectivity index (χ4v) is 1.54. The molecule has 17 heavy (non-hydrogen) atoms.